The topological polar surface area (TPSA) is 55.2 Å². The van der Waals surface area contributed by atoms with Crippen LogP contribution in [0.2, 0.25) is 10.0 Å². The van der Waals surface area contributed by atoms with Gasteiger partial charge in [0.1, 0.15) is 11.6 Å². The highest BCUT2D eigenvalue weighted by molar-refractivity contribution is 6.41. The van der Waals surface area contributed by atoms with Gasteiger partial charge in [0.2, 0.25) is 5.91 Å². The predicted octanol–water partition coefficient (Wildman–Crippen LogP) is 2.05. The predicted molar refractivity (Wildman–Crippen MR) is 78.0 cm³/mol. The fourth-order valence-corrected chi connectivity index (χ4v) is 2.92. The summed E-state index contributed by atoms with van der Waals surface area (Å²) in [5.41, 5.74) is -0.536. The largest absolute Gasteiger partial charge is 0.341 e. The lowest BCUT2D eigenvalue weighted by molar-refractivity contribution is -0.134. The maximum absolute atomic E-state index is 12.3. The molecule has 0 spiro atoms. The molecular formula is C13H17Cl2N3O2. The molecule has 1 aliphatic rings. The Morgan fingerprint density at radius 2 is 1.95 bits per heavy atom. The molecule has 0 radical (unpaired) electrons. The molecule has 1 aromatic heterocycles. The lowest BCUT2D eigenvalue weighted by Crippen LogP contribution is -2.45. The second-order valence-electron chi connectivity index (χ2n) is 5.51. The monoisotopic (exact) mass is 317 g/mol. The Labute approximate surface area is 127 Å². The minimum absolute atomic E-state index is 0.0978. The van der Waals surface area contributed by atoms with Gasteiger partial charge in [-0.15, -0.1) is 0 Å². The highest BCUT2D eigenvalue weighted by Gasteiger charge is 2.26. The Morgan fingerprint density at radius 3 is 2.55 bits per heavy atom. The number of hydrogen-bond acceptors (Lipinski definition) is 3. The van der Waals surface area contributed by atoms with Crippen molar-refractivity contribution in [2.24, 2.45) is 11.8 Å². The first-order valence-electron chi connectivity index (χ1n) is 6.57. The first-order valence-corrected chi connectivity index (χ1v) is 7.33. The van der Waals surface area contributed by atoms with Gasteiger partial charge in [-0.05, 0) is 18.3 Å². The van der Waals surface area contributed by atoms with Crippen molar-refractivity contribution >= 4 is 29.1 Å². The van der Waals surface area contributed by atoms with Crippen molar-refractivity contribution in [2.75, 3.05) is 13.1 Å². The quantitative estimate of drug-likeness (QED) is 0.839. The van der Waals surface area contributed by atoms with E-state index >= 15 is 0 Å². The van der Waals surface area contributed by atoms with E-state index in [0.717, 1.165) is 24.2 Å². The van der Waals surface area contributed by atoms with Crippen LogP contribution in [0.3, 0.4) is 0 Å². The Bertz CT molecular complexity index is 563. The number of amides is 1. The molecule has 1 aliphatic heterocycles. The third-order valence-corrected chi connectivity index (χ3v) is 4.20. The van der Waals surface area contributed by atoms with Crippen molar-refractivity contribution in [1.29, 1.82) is 0 Å². The van der Waals surface area contributed by atoms with Gasteiger partial charge >= 0.3 is 0 Å². The smallest absolute Gasteiger partial charge is 0.287 e. The molecule has 1 fully saturated rings. The minimum Gasteiger partial charge on any atom is -0.341 e. The fourth-order valence-electron chi connectivity index (χ4n) is 2.65. The lowest BCUT2D eigenvalue weighted by atomic mass is 9.92. The zero-order valence-electron chi connectivity index (χ0n) is 11.5. The van der Waals surface area contributed by atoms with Crippen molar-refractivity contribution in [2.45, 2.75) is 26.8 Å². The summed E-state index contributed by atoms with van der Waals surface area (Å²) in [6, 6.07) is 0. The maximum Gasteiger partial charge on any atom is 0.287 e. The summed E-state index contributed by atoms with van der Waals surface area (Å²) >= 11 is 11.5. The molecule has 2 heterocycles. The van der Waals surface area contributed by atoms with Gasteiger partial charge in [0.25, 0.3) is 5.56 Å². The number of carbonyl (C=O) groups is 1. The van der Waals surface area contributed by atoms with E-state index in [1.54, 1.807) is 4.90 Å². The number of carbonyl (C=O) groups excluding carboxylic acids is 1. The zero-order chi connectivity index (χ0) is 14.9. The van der Waals surface area contributed by atoms with Crippen LogP contribution in [0.1, 0.15) is 20.3 Å². The van der Waals surface area contributed by atoms with Gasteiger partial charge in [-0.2, -0.15) is 5.10 Å². The van der Waals surface area contributed by atoms with E-state index in [0.29, 0.717) is 11.8 Å². The van der Waals surface area contributed by atoms with E-state index < -0.39 is 5.56 Å². The van der Waals surface area contributed by atoms with E-state index in [1.807, 2.05) is 0 Å². The highest BCUT2D eigenvalue weighted by atomic mass is 35.5. The normalized spacial score (nSPS) is 22.9. The lowest BCUT2D eigenvalue weighted by Gasteiger charge is -2.35. The van der Waals surface area contributed by atoms with E-state index in [9.17, 15) is 9.59 Å². The van der Waals surface area contributed by atoms with Crippen molar-refractivity contribution in [3.8, 4) is 0 Å². The molecule has 0 aliphatic carbocycles. The molecule has 5 nitrogen and oxygen atoms in total. The van der Waals surface area contributed by atoms with Gasteiger partial charge in [0, 0.05) is 13.1 Å². The molecule has 0 saturated carbocycles. The molecule has 0 unspecified atom stereocenters. The molecule has 110 valence electrons. The van der Waals surface area contributed by atoms with E-state index in [2.05, 4.69) is 18.9 Å². The zero-order valence-corrected chi connectivity index (χ0v) is 13.0. The van der Waals surface area contributed by atoms with Gasteiger partial charge in [0.15, 0.2) is 0 Å². The van der Waals surface area contributed by atoms with Crippen molar-refractivity contribution in [1.82, 2.24) is 14.7 Å². The molecule has 2 atom stereocenters. The number of piperidine rings is 1. The third kappa shape index (κ3) is 3.33. The average molecular weight is 318 g/mol. The van der Waals surface area contributed by atoms with E-state index in [-0.39, 0.29) is 22.5 Å². The number of nitrogens with zero attached hydrogens (tertiary/aromatic N) is 3. The van der Waals surface area contributed by atoms with Gasteiger partial charge in [-0.25, -0.2) is 4.68 Å². The Kier molecular flexibility index (Phi) is 4.70. The standard InChI is InChI=1S/C13H17Cl2N3O2/c1-8-3-9(2)6-17(5-8)11(19)7-18-13(20)12(15)10(14)4-16-18/h4,8-9H,3,5-7H2,1-2H3/t8-,9+. The molecule has 2 rings (SSSR count). The second-order valence-corrected chi connectivity index (χ2v) is 6.30. The summed E-state index contributed by atoms with van der Waals surface area (Å²) in [6.07, 6.45) is 2.40. The van der Waals surface area contributed by atoms with Crippen molar-refractivity contribution in [3.63, 3.8) is 0 Å². The highest BCUT2D eigenvalue weighted by Crippen LogP contribution is 2.21. The summed E-state index contributed by atoms with van der Waals surface area (Å²) in [5.74, 6) is 0.832. The summed E-state index contributed by atoms with van der Waals surface area (Å²) in [6.45, 7) is 5.59. The third-order valence-electron chi connectivity index (χ3n) is 3.45. The van der Waals surface area contributed by atoms with Crippen LogP contribution in [-0.2, 0) is 11.3 Å². The molecule has 0 aromatic carbocycles. The molecule has 1 amide bonds. The SMILES string of the molecule is C[C@@H]1C[C@H](C)CN(C(=O)Cn2ncc(Cl)c(Cl)c2=O)C1. The van der Waals surface area contributed by atoms with Crippen LogP contribution < -0.4 is 5.56 Å². The Balaban J connectivity index is 2.12. The molecule has 0 bridgehead atoms. The fraction of sp³-hybridized carbons (Fsp3) is 0.615. The van der Waals surface area contributed by atoms with E-state index in [4.69, 9.17) is 23.2 Å². The Morgan fingerprint density at radius 1 is 1.35 bits per heavy atom. The first kappa shape index (κ1) is 15.3. The number of hydrogen-bond donors (Lipinski definition) is 0. The first-order chi connectivity index (χ1) is 9.38. The average Bonchev–Trinajstić information content (AvgIpc) is 2.38. The summed E-state index contributed by atoms with van der Waals surface area (Å²) < 4.78 is 1.06. The molecule has 0 N–H and O–H groups in total. The number of rotatable bonds is 2. The van der Waals surface area contributed by atoms with Crippen LogP contribution in [-0.4, -0.2) is 33.7 Å². The maximum atomic E-state index is 12.3. The number of aromatic nitrogens is 2. The van der Waals surface area contributed by atoms with Gasteiger partial charge in [-0.3, -0.25) is 9.59 Å². The second kappa shape index (κ2) is 6.14. The van der Waals surface area contributed by atoms with Gasteiger partial charge in [-0.1, -0.05) is 37.0 Å². The molecule has 1 saturated heterocycles. The van der Waals surface area contributed by atoms with Crippen LogP contribution in [0, 0.1) is 11.8 Å². The van der Waals surface area contributed by atoms with Crippen molar-refractivity contribution in [3.05, 3.63) is 26.6 Å². The van der Waals surface area contributed by atoms with Crippen LogP contribution in [0.5, 0.6) is 0 Å². The number of likely N-dealkylation sites (tertiary alicyclic amines) is 1. The molecule has 1 aromatic rings. The van der Waals surface area contributed by atoms with Crippen molar-refractivity contribution < 1.29 is 4.79 Å². The Hall–Kier alpha value is -1.07. The van der Waals surface area contributed by atoms with Crippen LogP contribution in [0.4, 0.5) is 0 Å². The van der Waals surface area contributed by atoms with Crippen LogP contribution in [0.25, 0.3) is 0 Å². The molecule has 20 heavy (non-hydrogen) atoms. The summed E-state index contributed by atoms with van der Waals surface area (Å²) in [7, 11) is 0. The number of halogens is 2. The van der Waals surface area contributed by atoms with Crippen LogP contribution in [0.15, 0.2) is 11.0 Å². The summed E-state index contributed by atoms with van der Waals surface area (Å²) in [4.78, 5) is 25.9. The summed E-state index contributed by atoms with van der Waals surface area (Å²) in [5, 5.41) is 3.85. The van der Waals surface area contributed by atoms with E-state index in [1.165, 1.54) is 6.20 Å². The molecular weight excluding hydrogens is 301 g/mol. The van der Waals surface area contributed by atoms with Gasteiger partial charge in [0.05, 0.1) is 11.2 Å². The minimum atomic E-state index is -0.536. The molecule has 7 heteroatoms. The van der Waals surface area contributed by atoms with Gasteiger partial charge < -0.3 is 4.90 Å². The van der Waals surface area contributed by atoms with Crippen LogP contribution >= 0.6 is 23.2 Å².